The molecule has 1 saturated heterocycles. The summed E-state index contributed by atoms with van der Waals surface area (Å²) in [5, 5.41) is 11.7. The smallest absolute Gasteiger partial charge is 0.322 e. The lowest BCUT2D eigenvalue weighted by atomic mass is 10.0. The summed E-state index contributed by atoms with van der Waals surface area (Å²) in [6.07, 6.45) is 6.03. The molecule has 1 fully saturated rings. The number of urea groups is 1. The minimum atomic E-state index is -0.155. The van der Waals surface area contributed by atoms with Crippen LogP contribution in [0, 0.1) is 5.92 Å². The summed E-state index contributed by atoms with van der Waals surface area (Å²) in [6, 6.07) is 7.12. The standard InChI is InChI=1S/C18H22N4O3/c1-13-9-16(14-3-2-5-19-11-14)22(12-13)18(24)21-15-4-6-20-17(10-15)25-8-7-23/h2-6,10-11,13,16,23H,7-9,12H2,1H3,(H,20,21,24). The highest BCUT2D eigenvalue weighted by Gasteiger charge is 2.34. The Morgan fingerprint density at radius 2 is 2.32 bits per heavy atom. The number of ether oxygens (including phenoxy) is 1. The third kappa shape index (κ3) is 4.24. The van der Waals surface area contributed by atoms with Crippen molar-refractivity contribution in [2.45, 2.75) is 19.4 Å². The molecule has 3 heterocycles. The van der Waals surface area contributed by atoms with E-state index in [9.17, 15) is 4.79 Å². The van der Waals surface area contributed by atoms with E-state index in [0.717, 1.165) is 12.0 Å². The van der Waals surface area contributed by atoms with E-state index >= 15 is 0 Å². The van der Waals surface area contributed by atoms with Crippen molar-refractivity contribution in [3.05, 3.63) is 48.4 Å². The Hall–Kier alpha value is -2.67. The molecule has 1 aliphatic rings. The monoisotopic (exact) mass is 342 g/mol. The van der Waals surface area contributed by atoms with Gasteiger partial charge in [0, 0.05) is 36.9 Å². The number of likely N-dealkylation sites (tertiary alicyclic amines) is 1. The Morgan fingerprint density at radius 1 is 1.44 bits per heavy atom. The van der Waals surface area contributed by atoms with E-state index in [4.69, 9.17) is 9.84 Å². The fourth-order valence-corrected chi connectivity index (χ4v) is 3.07. The Kier molecular flexibility index (Phi) is 5.45. The first kappa shape index (κ1) is 17.2. The summed E-state index contributed by atoms with van der Waals surface area (Å²) in [7, 11) is 0. The second-order valence-electron chi connectivity index (χ2n) is 6.18. The van der Waals surface area contributed by atoms with Crippen LogP contribution in [0.5, 0.6) is 5.88 Å². The number of aliphatic hydroxyl groups excluding tert-OH is 1. The fourth-order valence-electron chi connectivity index (χ4n) is 3.07. The first-order chi connectivity index (χ1) is 12.2. The zero-order chi connectivity index (χ0) is 17.6. The van der Waals surface area contributed by atoms with Crippen LogP contribution in [0.25, 0.3) is 0 Å². The molecule has 2 aromatic heterocycles. The van der Waals surface area contributed by atoms with Gasteiger partial charge in [-0.15, -0.1) is 0 Å². The molecule has 2 unspecified atom stereocenters. The van der Waals surface area contributed by atoms with E-state index in [1.54, 1.807) is 24.5 Å². The molecule has 0 aliphatic carbocycles. The van der Waals surface area contributed by atoms with Gasteiger partial charge in [-0.1, -0.05) is 13.0 Å². The van der Waals surface area contributed by atoms with Gasteiger partial charge in [-0.05, 0) is 30.0 Å². The zero-order valence-corrected chi connectivity index (χ0v) is 14.1. The van der Waals surface area contributed by atoms with Crippen molar-refractivity contribution in [3.8, 4) is 5.88 Å². The van der Waals surface area contributed by atoms with Crippen molar-refractivity contribution in [2.75, 3.05) is 25.1 Å². The van der Waals surface area contributed by atoms with Crippen LogP contribution in [0.15, 0.2) is 42.9 Å². The van der Waals surface area contributed by atoms with E-state index in [1.165, 1.54) is 0 Å². The van der Waals surface area contributed by atoms with Gasteiger partial charge in [0.05, 0.1) is 12.6 Å². The van der Waals surface area contributed by atoms with Gasteiger partial charge < -0.3 is 20.1 Å². The van der Waals surface area contributed by atoms with Gasteiger partial charge >= 0.3 is 6.03 Å². The predicted octanol–water partition coefficient (Wildman–Crippen LogP) is 2.46. The number of hydrogen-bond acceptors (Lipinski definition) is 5. The van der Waals surface area contributed by atoms with Gasteiger partial charge in [0.2, 0.25) is 5.88 Å². The van der Waals surface area contributed by atoms with E-state index in [0.29, 0.717) is 24.0 Å². The minimum Gasteiger partial charge on any atom is -0.475 e. The molecule has 2 N–H and O–H groups in total. The molecule has 25 heavy (non-hydrogen) atoms. The van der Waals surface area contributed by atoms with Crippen LogP contribution in [0.2, 0.25) is 0 Å². The fraction of sp³-hybridized carbons (Fsp3) is 0.389. The number of aromatic nitrogens is 2. The van der Waals surface area contributed by atoms with Crippen LogP contribution in [0.4, 0.5) is 10.5 Å². The Morgan fingerprint density at radius 3 is 3.08 bits per heavy atom. The maximum Gasteiger partial charge on any atom is 0.322 e. The van der Waals surface area contributed by atoms with Crippen LogP contribution < -0.4 is 10.1 Å². The van der Waals surface area contributed by atoms with Crippen molar-refractivity contribution >= 4 is 11.7 Å². The molecule has 0 saturated carbocycles. The van der Waals surface area contributed by atoms with Gasteiger partial charge in [0.25, 0.3) is 0 Å². The van der Waals surface area contributed by atoms with E-state index < -0.39 is 0 Å². The van der Waals surface area contributed by atoms with E-state index in [2.05, 4.69) is 22.2 Å². The maximum atomic E-state index is 12.8. The normalized spacial score (nSPS) is 19.7. The van der Waals surface area contributed by atoms with Gasteiger partial charge in [-0.2, -0.15) is 0 Å². The molecule has 2 amide bonds. The average Bonchev–Trinajstić information content (AvgIpc) is 3.03. The number of rotatable bonds is 5. The van der Waals surface area contributed by atoms with E-state index in [1.807, 2.05) is 23.2 Å². The summed E-state index contributed by atoms with van der Waals surface area (Å²) in [6.45, 7) is 2.92. The van der Waals surface area contributed by atoms with Gasteiger partial charge in [0.15, 0.2) is 0 Å². The summed E-state index contributed by atoms with van der Waals surface area (Å²) in [4.78, 5) is 22.8. The molecular formula is C18H22N4O3. The van der Waals surface area contributed by atoms with Gasteiger partial charge in [-0.3, -0.25) is 4.98 Å². The number of hydrogen-bond donors (Lipinski definition) is 2. The first-order valence-corrected chi connectivity index (χ1v) is 8.34. The van der Waals surface area contributed by atoms with E-state index in [-0.39, 0.29) is 25.3 Å². The van der Waals surface area contributed by atoms with Crippen LogP contribution in [-0.4, -0.2) is 45.8 Å². The quantitative estimate of drug-likeness (QED) is 0.871. The summed E-state index contributed by atoms with van der Waals surface area (Å²) >= 11 is 0. The third-order valence-corrected chi connectivity index (χ3v) is 4.17. The number of pyridine rings is 2. The molecule has 2 aromatic rings. The van der Waals surface area contributed by atoms with Crippen molar-refractivity contribution in [1.82, 2.24) is 14.9 Å². The van der Waals surface area contributed by atoms with Crippen molar-refractivity contribution in [3.63, 3.8) is 0 Å². The number of carbonyl (C=O) groups is 1. The predicted molar refractivity (Wildman–Crippen MR) is 93.3 cm³/mol. The van der Waals surface area contributed by atoms with Crippen LogP contribution in [0.3, 0.4) is 0 Å². The average molecular weight is 342 g/mol. The number of amides is 2. The van der Waals surface area contributed by atoms with Crippen LogP contribution in [0.1, 0.15) is 24.9 Å². The van der Waals surface area contributed by atoms with Crippen molar-refractivity contribution in [2.24, 2.45) is 5.92 Å². The van der Waals surface area contributed by atoms with Gasteiger partial charge in [-0.25, -0.2) is 9.78 Å². The third-order valence-electron chi connectivity index (χ3n) is 4.17. The Bertz CT molecular complexity index is 710. The molecule has 0 bridgehead atoms. The number of nitrogens with zero attached hydrogens (tertiary/aromatic N) is 3. The molecular weight excluding hydrogens is 320 g/mol. The Balaban J connectivity index is 1.71. The van der Waals surface area contributed by atoms with Gasteiger partial charge in [0.1, 0.15) is 6.61 Å². The molecule has 7 nitrogen and oxygen atoms in total. The molecule has 1 aliphatic heterocycles. The first-order valence-electron chi connectivity index (χ1n) is 8.34. The lowest BCUT2D eigenvalue weighted by molar-refractivity contribution is 0.196. The number of anilines is 1. The Labute approximate surface area is 146 Å². The SMILES string of the molecule is CC1CC(c2cccnc2)N(C(=O)Nc2ccnc(OCCO)c2)C1. The highest BCUT2D eigenvalue weighted by Crippen LogP contribution is 2.35. The van der Waals surface area contributed by atoms with Crippen LogP contribution >= 0.6 is 0 Å². The lowest BCUT2D eigenvalue weighted by Gasteiger charge is -2.25. The summed E-state index contributed by atoms with van der Waals surface area (Å²) in [5.41, 5.74) is 1.65. The molecule has 0 radical (unpaired) electrons. The highest BCUT2D eigenvalue weighted by atomic mass is 16.5. The van der Waals surface area contributed by atoms with Crippen molar-refractivity contribution in [1.29, 1.82) is 0 Å². The highest BCUT2D eigenvalue weighted by molar-refractivity contribution is 5.90. The molecule has 0 aromatic carbocycles. The summed E-state index contributed by atoms with van der Waals surface area (Å²) < 4.78 is 5.28. The molecule has 132 valence electrons. The topological polar surface area (TPSA) is 87.6 Å². The molecule has 0 spiro atoms. The minimum absolute atomic E-state index is 0.0237. The second-order valence-corrected chi connectivity index (χ2v) is 6.18. The molecule has 3 rings (SSSR count). The molecule has 7 heteroatoms. The maximum absolute atomic E-state index is 12.8. The largest absolute Gasteiger partial charge is 0.475 e. The summed E-state index contributed by atoms with van der Waals surface area (Å²) in [5.74, 6) is 0.794. The van der Waals surface area contributed by atoms with Crippen molar-refractivity contribution < 1.29 is 14.6 Å². The number of carbonyl (C=O) groups excluding carboxylic acids is 1. The number of aliphatic hydroxyl groups is 1. The number of nitrogens with one attached hydrogen (secondary N) is 1. The molecule has 2 atom stereocenters. The lowest BCUT2D eigenvalue weighted by Crippen LogP contribution is -2.35. The zero-order valence-electron chi connectivity index (χ0n) is 14.1. The van der Waals surface area contributed by atoms with Crippen LogP contribution in [-0.2, 0) is 0 Å². The second kappa shape index (κ2) is 7.94.